The number of nitrogens with zero attached hydrogens (tertiary/aromatic N) is 2. The normalized spacial score (nSPS) is 11.4. The molecule has 0 saturated heterocycles. The van der Waals surface area contributed by atoms with E-state index in [1.54, 1.807) is 0 Å². The number of hydrogen-bond donors (Lipinski definition) is 0. The Bertz CT molecular complexity index is 2560. The zero-order chi connectivity index (χ0) is 35.0. The Kier molecular flexibility index (Phi) is 8.05. The highest BCUT2D eigenvalue weighted by Gasteiger charge is 2.13. The summed E-state index contributed by atoms with van der Waals surface area (Å²) in [5.74, 6) is 1.81. The molecule has 0 fully saturated rings. The topological polar surface area (TPSA) is 44.2 Å². The molecule has 0 radical (unpaired) electrons. The first kappa shape index (κ1) is 31.5. The van der Waals surface area contributed by atoms with Gasteiger partial charge in [0.1, 0.15) is 11.5 Å². The zero-order valence-electron chi connectivity index (χ0n) is 29.1. The van der Waals surface area contributed by atoms with Gasteiger partial charge in [0.2, 0.25) is 0 Å². The van der Waals surface area contributed by atoms with E-state index in [0.29, 0.717) is 13.2 Å². The van der Waals surface area contributed by atoms with Gasteiger partial charge in [0.15, 0.2) is 0 Å². The van der Waals surface area contributed by atoms with Crippen LogP contribution in [-0.2, 0) is 0 Å². The molecule has 7 aromatic carbocycles. The minimum absolute atomic E-state index is 0.663. The van der Waals surface area contributed by atoms with E-state index in [-0.39, 0.29) is 0 Å². The highest BCUT2D eigenvalue weighted by atomic mass is 16.5. The first-order chi connectivity index (χ1) is 25.6. The van der Waals surface area contributed by atoms with Crippen LogP contribution in [0.25, 0.3) is 87.9 Å². The highest BCUT2D eigenvalue weighted by Crippen LogP contribution is 2.37. The third kappa shape index (κ3) is 5.78. The van der Waals surface area contributed by atoms with Crippen molar-refractivity contribution in [3.05, 3.63) is 158 Å². The van der Waals surface area contributed by atoms with Crippen molar-refractivity contribution in [3.8, 4) is 56.0 Å². The van der Waals surface area contributed by atoms with E-state index in [0.717, 1.165) is 55.6 Å². The Hall–Kier alpha value is -6.52. The van der Waals surface area contributed by atoms with Gasteiger partial charge in [0.25, 0.3) is 0 Å². The molecule has 0 aliphatic rings. The van der Waals surface area contributed by atoms with Crippen LogP contribution in [0.2, 0.25) is 0 Å². The van der Waals surface area contributed by atoms with Crippen LogP contribution in [0, 0.1) is 0 Å². The van der Waals surface area contributed by atoms with E-state index in [1.807, 2.05) is 38.4 Å². The Balaban J connectivity index is 1.01. The number of hydrogen-bond acceptors (Lipinski definition) is 4. The zero-order valence-corrected chi connectivity index (χ0v) is 29.1. The van der Waals surface area contributed by atoms with E-state index >= 15 is 0 Å². The van der Waals surface area contributed by atoms with Crippen molar-refractivity contribution in [1.82, 2.24) is 9.97 Å². The molecule has 250 valence electrons. The van der Waals surface area contributed by atoms with Gasteiger partial charge in [0, 0.05) is 23.2 Å². The number of ether oxygens (including phenoxy) is 2. The van der Waals surface area contributed by atoms with Gasteiger partial charge in [-0.3, -0.25) is 9.97 Å². The van der Waals surface area contributed by atoms with Crippen LogP contribution in [0.1, 0.15) is 13.8 Å². The monoisotopic (exact) mass is 672 g/mol. The molecule has 9 rings (SSSR count). The van der Waals surface area contributed by atoms with Gasteiger partial charge in [-0.25, -0.2) is 0 Å². The van der Waals surface area contributed by atoms with Crippen LogP contribution in [0.3, 0.4) is 0 Å². The van der Waals surface area contributed by atoms with Crippen LogP contribution in [-0.4, -0.2) is 23.2 Å². The second-order valence-corrected chi connectivity index (χ2v) is 13.0. The Morgan fingerprint density at radius 1 is 0.365 bits per heavy atom. The number of rotatable bonds is 8. The number of aromatic nitrogens is 2. The maximum absolute atomic E-state index is 5.69. The van der Waals surface area contributed by atoms with E-state index in [2.05, 4.69) is 133 Å². The van der Waals surface area contributed by atoms with Crippen molar-refractivity contribution >= 4 is 43.4 Å². The lowest BCUT2D eigenvalue weighted by atomic mass is 9.94. The van der Waals surface area contributed by atoms with Crippen LogP contribution < -0.4 is 9.47 Å². The molecule has 0 unspecified atom stereocenters. The molecule has 0 aliphatic heterocycles. The molecular formula is C48H36N2O2. The highest BCUT2D eigenvalue weighted by molar-refractivity contribution is 6.11. The fourth-order valence-electron chi connectivity index (χ4n) is 7.34. The Labute approximate surface area is 303 Å². The lowest BCUT2D eigenvalue weighted by molar-refractivity contribution is 0.340. The fourth-order valence-corrected chi connectivity index (χ4v) is 7.34. The van der Waals surface area contributed by atoms with Gasteiger partial charge < -0.3 is 9.47 Å². The number of pyridine rings is 2. The summed E-state index contributed by atoms with van der Waals surface area (Å²) in [6.07, 6.45) is 3.80. The van der Waals surface area contributed by atoms with Gasteiger partial charge >= 0.3 is 0 Å². The first-order valence-electron chi connectivity index (χ1n) is 17.9. The molecule has 9 aromatic rings. The lowest BCUT2D eigenvalue weighted by Gasteiger charge is -2.12. The standard InChI is InChI=1S/C48H36N2O2/c1-3-51-41-19-17-37-27-35(13-15-39(37)29-41)31-5-9-33(10-6-31)43-23-25-49-47-45(43)21-22-46-44(24-26-50-48(46)47)34-11-7-32(8-12-34)36-14-16-40-30-42(52-4-2)20-18-38(40)28-36/h5-30H,3-4H2,1-2H3. The molecule has 0 saturated carbocycles. The van der Waals surface area contributed by atoms with Crippen molar-refractivity contribution in [1.29, 1.82) is 0 Å². The molecule has 2 aromatic heterocycles. The fraction of sp³-hybridized carbons (Fsp3) is 0.0833. The number of benzene rings is 7. The third-order valence-corrected chi connectivity index (χ3v) is 9.93. The summed E-state index contributed by atoms with van der Waals surface area (Å²) < 4.78 is 11.4. The van der Waals surface area contributed by atoms with E-state index < -0.39 is 0 Å². The molecule has 0 atom stereocenters. The van der Waals surface area contributed by atoms with Gasteiger partial charge in [-0.05, 0) is 128 Å². The van der Waals surface area contributed by atoms with Crippen LogP contribution in [0.4, 0.5) is 0 Å². The molecule has 2 heterocycles. The van der Waals surface area contributed by atoms with Crippen LogP contribution >= 0.6 is 0 Å². The van der Waals surface area contributed by atoms with Gasteiger partial charge in [-0.1, -0.05) is 97.1 Å². The van der Waals surface area contributed by atoms with Crippen molar-refractivity contribution in [2.45, 2.75) is 13.8 Å². The average Bonchev–Trinajstić information content (AvgIpc) is 3.20. The molecule has 0 aliphatic carbocycles. The molecular weight excluding hydrogens is 637 g/mol. The maximum atomic E-state index is 5.69. The number of fused-ring (bicyclic) bond motifs is 5. The van der Waals surface area contributed by atoms with Crippen LogP contribution in [0.15, 0.2) is 158 Å². The summed E-state index contributed by atoms with van der Waals surface area (Å²) in [5.41, 5.74) is 11.1. The second-order valence-electron chi connectivity index (χ2n) is 13.0. The molecule has 0 bridgehead atoms. The SMILES string of the molecule is CCOc1ccc2cc(-c3ccc(-c4ccnc5c4ccc4c(-c6ccc(-c7ccc8cc(OCC)ccc8c7)cc6)ccnc45)cc3)ccc2c1. The largest absolute Gasteiger partial charge is 0.494 e. The van der Waals surface area contributed by atoms with Crippen molar-refractivity contribution < 1.29 is 9.47 Å². The minimum Gasteiger partial charge on any atom is -0.494 e. The first-order valence-corrected chi connectivity index (χ1v) is 17.9. The van der Waals surface area contributed by atoms with Gasteiger partial charge in [-0.2, -0.15) is 0 Å². The molecule has 0 N–H and O–H groups in total. The van der Waals surface area contributed by atoms with E-state index in [9.17, 15) is 0 Å². The van der Waals surface area contributed by atoms with Gasteiger partial charge in [0.05, 0.1) is 24.2 Å². The Morgan fingerprint density at radius 2 is 0.731 bits per heavy atom. The molecule has 0 amide bonds. The van der Waals surface area contributed by atoms with Crippen molar-refractivity contribution in [3.63, 3.8) is 0 Å². The lowest BCUT2D eigenvalue weighted by Crippen LogP contribution is -1.91. The van der Waals surface area contributed by atoms with E-state index in [4.69, 9.17) is 19.4 Å². The minimum atomic E-state index is 0.663. The maximum Gasteiger partial charge on any atom is 0.119 e. The average molecular weight is 673 g/mol. The predicted molar refractivity (Wildman–Crippen MR) is 216 cm³/mol. The quantitative estimate of drug-likeness (QED) is 0.151. The van der Waals surface area contributed by atoms with Crippen molar-refractivity contribution in [2.75, 3.05) is 13.2 Å². The molecule has 52 heavy (non-hydrogen) atoms. The summed E-state index contributed by atoms with van der Waals surface area (Å²) in [7, 11) is 0. The summed E-state index contributed by atoms with van der Waals surface area (Å²) in [6.45, 7) is 5.34. The Morgan fingerprint density at radius 3 is 1.15 bits per heavy atom. The smallest absolute Gasteiger partial charge is 0.119 e. The van der Waals surface area contributed by atoms with Crippen molar-refractivity contribution in [2.24, 2.45) is 0 Å². The molecule has 4 heteroatoms. The summed E-state index contributed by atoms with van der Waals surface area (Å²) >= 11 is 0. The second kappa shape index (κ2) is 13.3. The van der Waals surface area contributed by atoms with E-state index in [1.165, 1.54) is 43.8 Å². The van der Waals surface area contributed by atoms with Gasteiger partial charge in [-0.15, -0.1) is 0 Å². The van der Waals surface area contributed by atoms with Crippen LogP contribution in [0.5, 0.6) is 11.5 Å². The summed E-state index contributed by atoms with van der Waals surface area (Å²) in [6, 6.07) is 51.9. The summed E-state index contributed by atoms with van der Waals surface area (Å²) in [4.78, 5) is 9.71. The molecule has 4 nitrogen and oxygen atoms in total. The summed E-state index contributed by atoms with van der Waals surface area (Å²) in [5, 5.41) is 6.91. The predicted octanol–water partition coefficient (Wildman–Crippen LogP) is 12.6. The molecule has 0 spiro atoms. The third-order valence-electron chi connectivity index (χ3n) is 9.93.